The van der Waals surface area contributed by atoms with Gasteiger partial charge < -0.3 is 15.5 Å². The van der Waals surface area contributed by atoms with Gasteiger partial charge in [-0.2, -0.15) is 0 Å². The summed E-state index contributed by atoms with van der Waals surface area (Å²) in [5.74, 6) is 0.746. The van der Waals surface area contributed by atoms with E-state index in [0.717, 1.165) is 0 Å². The first-order valence-corrected chi connectivity index (χ1v) is 6.52. The smallest absolute Gasteiger partial charge is 0.222 e. The number of hydrogen-bond donors (Lipinski definition) is 2. The average molecular weight is 286 g/mol. The monoisotopic (exact) mass is 285 g/mol. The highest BCUT2D eigenvalue weighted by Crippen LogP contribution is 2.27. The molecule has 2 N–H and O–H groups in total. The van der Waals surface area contributed by atoms with Crippen LogP contribution in [0.25, 0.3) is 0 Å². The molecule has 0 bridgehead atoms. The van der Waals surface area contributed by atoms with Crippen LogP contribution < -0.4 is 15.5 Å². The molecule has 0 aliphatic carbocycles. The Hall–Kier alpha value is -1.56. The second kappa shape index (κ2) is 7.13. The van der Waals surface area contributed by atoms with Crippen LogP contribution in [0.15, 0.2) is 6.33 Å². The molecule has 0 aromatic carbocycles. The van der Waals surface area contributed by atoms with E-state index >= 15 is 0 Å². The Morgan fingerprint density at radius 3 is 2.74 bits per heavy atom. The standard InChI is InChI=1S/C12H20ClN5O/c1-8(2)12(19)15-5-6-18(4)11-9(14-3)10(13)16-7-17-11/h7-8,14H,5-6H2,1-4H3,(H,15,19). The normalized spacial score (nSPS) is 10.4. The number of hydrogen-bond acceptors (Lipinski definition) is 5. The number of rotatable bonds is 6. The van der Waals surface area contributed by atoms with Crippen LogP contribution in [0.5, 0.6) is 0 Å². The summed E-state index contributed by atoms with van der Waals surface area (Å²) in [6.07, 6.45) is 1.42. The van der Waals surface area contributed by atoms with Gasteiger partial charge in [-0.05, 0) is 0 Å². The van der Waals surface area contributed by atoms with Crippen LogP contribution in [0.4, 0.5) is 11.5 Å². The van der Waals surface area contributed by atoms with Gasteiger partial charge in [-0.3, -0.25) is 4.79 Å². The molecule has 0 radical (unpaired) electrons. The molecule has 1 aromatic heterocycles. The summed E-state index contributed by atoms with van der Waals surface area (Å²) in [6.45, 7) is 4.92. The van der Waals surface area contributed by atoms with Crippen LogP contribution in [0.3, 0.4) is 0 Å². The number of nitrogens with zero attached hydrogens (tertiary/aromatic N) is 3. The van der Waals surface area contributed by atoms with Crippen molar-refractivity contribution in [2.45, 2.75) is 13.8 Å². The van der Waals surface area contributed by atoms with Gasteiger partial charge in [0.25, 0.3) is 0 Å². The molecular formula is C12H20ClN5O. The minimum absolute atomic E-state index is 0.00771. The molecule has 1 aromatic rings. The lowest BCUT2D eigenvalue weighted by Gasteiger charge is -2.21. The predicted octanol–water partition coefficient (Wildman–Crippen LogP) is 1.38. The number of anilines is 2. The van der Waals surface area contributed by atoms with E-state index in [1.165, 1.54) is 6.33 Å². The lowest BCUT2D eigenvalue weighted by atomic mass is 10.2. The third-order valence-electron chi connectivity index (χ3n) is 2.66. The zero-order valence-corrected chi connectivity index (χ0v) is 12.5. The van der Waals surface area contributed by atoms with E-state index in [2.05, 4.69) is 20.6 Å². The van der Waals surface area contributed by atoms with Crippen LogP contribution in [0.1, 0.15) is 13.8 Å². The number of likely N-dealkylation sites (N-methyl/N-ethyl adjacent to an activating group) is 1. The number of carbonyl (C=O) groups excluding carboxylic acids is 1. The molecule has 0 spiro atoms. The van der Waals surface area contributed by atoms with E-state index in [1.54, 1.807) is 7.05 Å². The first-order valence-electron chi connectivity index (χ1n) is 6.14. The first kappa shape index (κ1) is 15.5. The van der Waals surface area contributed by atoms with Gasteiger partial charge >= 0.3 is 0 Å². The van der Waals surface area contributed by atoms with E-state index in [1.807, 2.05) is 25.8 Å². The molecule has 0 aliphatic rings. The fraction of sp³-hybridized carbons (Fsp3) is 0.583. The van der Waals surface area contributed by atoms with Gasteiger partial charge in [0.15, 0.2) is 11.0 Å². The molecule has 1 heterocycles. The van der Waals surface area contributed by atoms with Crippen molar-refractivity contribution in [1.82, 2.24) is 15.3 Å². The van der Waals surface area contributed by atoms with Gasteiger partial charge in [-0.15, -0.1) is 0 Å². The molecule has 0 fully saturated rings. The van der Waals surface area contributed by atoms with Crippen molar-refractivity contribution in [2.24, 2.45) is 5.92 Å². The number of halogens is 1. The Bertz CT molecular complexity index is 438. The second-order valence-corrected chi connectivity index (χ2v) is 4.84. The topological polar surface area (TPSA) is 70.2 Å². The summed E-state index contributed by atoms with van der Waals surface area (Å²) in [7, 11) is 3.66. The Labute approximate surface area is 118 Å². The van der Waals surface area contributed by atoms with Crippen LogP contribution in [-0.2, 0) is 4.79 Å². The van der Waals surface area contributed by atoms with Gasteiger partial charge in [0, 0.05) is 33.1 Å². The maximum absolute atomic E-state index is 11.4. The van der Waals surface area contributed by atoms with Gasteiger partial charge in [0.05, 0.1) is 0 Å². The van der Waals surface area contributed by atoms with Crippen LogP contribution in [0.2, 0.25) is 5.15 Å². The number of carbonyl (C=O) groups is 1. The summed E-state index contributed by atoms with van der Waals surface area (Å²) in [5, 5.41) is 6.21. The van der Waals surface area contributed by atoms with E-state index in [4.69, 9.17) is 11.6 Å². The second-order valence-electron chi connectivity index (χ2n) is 4.48. The fourth-order valence-corrected chi connectivity index (χ4v) is 1.74. The summed E-state index contributed by atoms with van der Waals surface area (Å²) in [4.78, 5) is 21.5. The van der Waals surface area contributed by atoms with Crippen molar-refractivity contribution in [2.75, 3.05) is 37.4 Å². The van der Waals surface area contributed by atoms with Crippen molar-refractivity contribution in [3.63, 3.8) is 0 Å². The van der Waals surface area contributed by atoms with Crippen LogP contribution in [0, 0.1) is 5.92 Å². The van der Waals surface area contributed by atoms with Crippen molar-refractivity contribution in [3.05, 3.63) is 11.5 Å². The predicted molar refractivity (Wildman–Crippen MR) is 77.7 cm³/mol. The molecule has 19 heavy (non-hydrogen) atoms. The molecule has 6 nitrogen and oxygen atoms in total. The molecule has 106 valence electrons. The summed E-state index contributed by atoms with van der Waals surface area (Å²) < 4.78 is 0. The largest absolute Gasteiger partial charge is 0.383 e. The highest BCUT2D eigenvalue weighted by atomic mass is 35.5. The number of amides is 1. The molecule has 0 unspecified atom stereocenters. The van der Waals surface area contributed by atoms with E-state index < -0.39 is 0 Å². The van der Waals surface area contributed by atoms with Crippen molar-refractivity contribution < 1.29 is 4.79 Å². The lowest BCUT2D eigenvalue weighted by Crippen LogP contribution is -2.35. The summed E-state index contributed by atoms with van der Waals surface area (Å²) >= 11 is 5.99. The molecule has 0 saturated carbocycles. The van der Waals surface area contributed by atoms with E-state index in [0.29, 0.717) is 29.7 Å². The quantitative estimate of drug-likeness (QED) is 0.773. The third-order valence-corrected chi connectivity index (χ3v) is 2.95. The van der Waals surface area contributed by atoms with Gasteiger partial charge in [-0.1, -0.05) is 25.4 Å². The van der Waals surface area contributed by atoms with Crippen LogP contribution in [-0.4, -0.2) is 43.1 Å². The van der Waals surface area contributed by atoms with E-state index in [-0.39, 0.29) is 11.8 Å². The zero-order chi connectivity index (χ0) is 14.4. The lowest BCUT2D eigenvalue weighted by molar-refractivity contribution is -0.123. The van der Waals surface area contributed by atoms with Gasteiger partial charge in [0.2, 0.25) is 5.91 Å². The Morgan fingerprint density at radius 1 is 1.47 bits per heavy atom. The zero-order valence-electron chi connectivity index (χ0n) is 11.7. The molecule has 7 heteroatoms. The summed E-state index contributed by atoms with van der Waals surface area (Å²) in [6, 6.07) is 0. The third kappa shape index (κ3) is 4.24. The molecular weight excluding hydrogens is 266 g/mol. The maximum atomic E-state index is 11.4. The highest BCUT2D eigenvalue weighted by molar-refractivity contribution is 6.32. The molecule has 1 rings (SSSR count). The maximum Gasteiger partial charge on any atom is 0.222 e. The number of nitrogens with one attached hydrogen (secondary N) is 2. The van der Waals surface area contributed by atoms with Crippen molar-refractivity contribution in [3.8, 4) is 0 Å². The number of aromatic nitrogens is 2. The average Bonchev–Trinajstić information content (AvgIpc) is 2.37. The Kier molecular flexibility index (Phi) is 5.82. The summed E-state index contributed by atoms with van der Waals surface area (Å²) in [5.41, 5.74) is 0.682. The van der Waals surface area contributed by atoms with Gasteiger partial charge in [0.1, 0.15) is 12.0 Å². The highest BCUT2D eigenvalue weighted by Gasteiger charge is 2.13. The Balaban J connectivity index is 2.61. The minimum atomic E-state index is -0.00771. The van der Waals surface area contributed by atoms with E-state index in [9.17, 15) is 4.79 Å². The fourth-order valence-electron chi connectivity index (χ4n) is 1.52. The van der Waals surface area contributed by atoms with Gasteiger partial charge in [-0.25, -0.2) is 9.97 Å². The molecule has 0 aliphatic heterocycles. The minimum Gasteiger partial charge on any atom is -0.383 e. The molecule has 0 atom stereocenters. The van der Waals surface area contributed by atoms with Crippen molar-refractivity contribution in [1.29, 1.82) is 0 Å². The molecule has 0 saturated heterocycles. The van der Waals surface area contributed by atoms with Crippen LogP contribution >= 0.6 is 11.6 Å². The molecule has 1 amide bonds. The SMILES string of the molecule is CNc1c(Cl)ncnc1N(C)CCNC(=O)C(C)C. The Morgan fingerprint density at radius 2 is 2.16 bits per heavy atom. The first-order chi connectivity index (χ1) is 8.97. The van der Waals surface area contributed by atoms with Crippen molar-refractivity contribution >= 4 is 29.0 Å².